The Bertz CT molecular complexity index is 889. The summed E-state index contributed by atoms with van der Waals surface area (Å²) in [5, 5.41) is 5.64. The fraction of sp³-hybridized carbons (Fsp3) is 0.391. The third-order valence-electron chi connectivity index (χ3n) is 5.16. The number of halogens is 1. The van der Waals surface area contributed by atoms with Crippen molar-refractivity contribution >= 4 is 23.2 Å². The summed E-state index contributed by atoms with van der Waals surface area (Å²) in [5.74, 6) is -0.631. The van der Waals surface area contributed by atoms with Crippen molar-refractivity contribution in [1.29, 1.82) is 0 Å². The average molecular weight is 397 g/mol. The molecule has 3 rings (SSSR count). The van der Waals surface area contributed by atoms with Crippen LogP contribution < -0.4 is 15.5 Å². The van der Waals surface area contributed by atoms with E-state index in [1.54, 1.807) is 18.2 Å². The fourth-order valence-corrected chi connectivity index (χ4v) is 3.50. The fourth-order valence-electron chi connectivity index (χ4n) is 3.50. The molecule has 2 aromatic carbocycles. The van der Waals surface area contributed by atoms with Gasteiger partial charge in [0.05, 0.1) is 11.1 Å². The van der Waals surface area contributed by atoms with Crippen molar-refractivity contribution in [2.45, 2.75) is 39.7 Å². The molecule has 6 heteroatoms. The minimum Gasteiger partial charge on any atom is -0.371 e. The highest BCUT2D eigenvalue weighted by Gasteiger charge is 2.22. The normalized spacial score (nSPS) is 14.7. The first-order valence-electron chi connectivity index (χ1n) is 10.1. The largest absolute Gasteiger partial charge is 0.371 e. The molecule has 2 aromatic rings. The molecule has 2 amide bonds. The number of nitrogens with one attached hydrogen (secondary N) is 2. The van der Waals surface area contributed by atoms with Gasteiger partial charge >= 0.3 is 0 Å². The number of anilines is 2. The van der Waals surface area contributed by atoms with Crippen molar-refractivity contribution < 1.29 is 14.0 Å². The second-order valence-corrected chi connectivity index (χ2v) is 7.96. The molecule has 0 bridgehead atoms. The minimum absolute atomic E-state index is 0.00612. The smallest absolute Gasteiger partial charge is 0.258 e. The Kier molecular flexibility index (Phi) is 6.52. The zero-order chi connectivity index (χ0) is 21.0. The number of benzene rings is 2. The Hall–Kier alpha value is -2.89. The third-order valence-corrected chi connectivity index (χ3v) is 5.16. The molecule has 0 saturated carbocycles. The van der Waals surface area contributed by atoms with Gasteiger partial charge < -0.3 is 15.5 Å². The number of carbonyl (C=O) groups is 2. The molecule has 0 radical (unpaired) electrons. The van der Waals surface area contributed by atoms with E-state index < -0.39 is 11.7 Å². The molecule has 0 unspecified atom stereocenters. The number of amides is 2. The average Bonchev–Trinajstić information content (AvgIpc) is 2.68. The van der Waals surface area contributed by atoms with Crippen molar-refractivity contribution in [3.63, 3.8) is 0 Å². The summed E-state index contributed by atoms with van der Waals surface area (Å²) in [4.78, 5) is 27.5. The third kappa shape index (κ3) is 5.13. The van der Waals surface area contributed by atoms with Gasteiger partial charge in [0.1, 0.15) is 5.82 Å². The van der Waals surface area contributed by atoms with Crippen LogP contribution in [0, 0.1) is 11.7 Å². The van der Waals surface area contributed by atoms with Crippen molar-refractivity contribution in [3.8, 4) is 0 Å². The molecule has 0 aromatic heterocycles. The predicted molar refractivity (Wildman–Crippen MR) is 114 cm³/mol. The molecule has 1 heterocycles. The second kappa shape index (κ2) is 9.07. The molecular formula is C23H28FN3O2. The van der Waals surface area contributed by atoms with Crippen LogP contribution in [-0.2, 0) is 0 Å². The van der Waals surface area contributed by atoms with Gasteiger partial charge in [0.15, 0.2) is 0 Å². The molecule has 0 aliphatic carbocycles. The summed E-state index contributed by atoms with van der Waals surface area (Å²) in [5.41, 5.74) is 1.80. The molecule has 0 spiro atoms. The highest BCUT2D eigenvalue weighted by atomic mass is 19.1. The van der Waals surface area contributed by atoms with E-state index in [2.05, 4.69) is 22.5 Å². The zero-order valence-corrected chi connectivity index (χ0v) is 17.2. The van der Waals surface area contributed by atoms with Crippen LogP contribution in [0.15, 0.2) is 42.5 Å². The van der Waals surface area contributed by atoms with Gasteiger partial charge in [-0.3, -0.25) is 9.59 Å². The lowest BCUT2D eigenvalue weighted by Gasteiger charge is -2.33. The van der Waals surface area contributed by atoms with E-state index in [0.717, 1.165) is 31.6 Å². The summed E-state index contributed by atoms with van der Waals surface area (Å²) in [6.45, 7) is 7.84. The molecule has 1 fully saturated rings. The number of carbonyl (C=O) groups excluding carboxylic acids is 2. The number of nitrogens with zero attached hydrogens (tertiary/aromatic N) is 1. The molecule has 1 saturated heterocycles. The lowest BCUT2D eigenvalue weighted by atomic mass is 9.97. The summed E-state index contributed by atoms with van der Waals surface area (Å²) >= 11 is 0. The topological polar surface area (TPSA) is 61.4 Å². The zero-order valence-electron chi connectivity index (χ0n) is 17.2. The van der Waals surface area contributed by atoms with Gasteiger partial charge in [-0.15, -0.1) is 0 Å². The van der Waals surface area contributed by atoms with E-state index in [9.17, 15) is 14.0 Å². The van der Waals surface area contributed by atoms with Crippen molar-refractivity contribution in [1.82, 2.24) is 5.32 Å². The monoisotopic (exact) mass is 397 g/mol. The number of piperidine rings is 1. The van der Waals surface area contributed by atoms with Crippen molar-refractivity contribution in [2.75, 3.05) is 23.3 Å². The molecule has 2 N–H and O–H groups in total. The van der Waals surface area contributed by atoms with Crippen LogP contribution in [0.25, 0.3) is 0 Å². The van der Waals surface area contributed by atoms with E-state index in [0.29, 0.717) is 17.2 Å². The molecular weight excluding hydrogens is 369 g/mol. The molecule has 29 heavy (non-hydrogen) atoms. The van der Waals surface area contributed by atoms with E-state index in [1.807, 2.05) is 19.9 Å². The van der Waals surface area contributed by atoms with Gasteiger partial charge in [-0.25, -0.2) is 4.39 Å². The highest BCUT2D eigenvalue weighted by molar-refractivity contribution is 6.06. The number of hydrogen-bond donors (Lipinski definition) is 2. The lowest BCUT2D eigenvalue weighted by Crippen LogP contribution is -2.36. The van der Waals surface area contributed by atoms with Gasteiger partial charge in [0.25, 0.3) is 11.8 Å². The van der Waals surface area contributed by atoms with Crippen LogP contribution in [-0.4, -0.2) is 30.9 Å². The maximum Gasteiger partial charge on any atom is 0.258 e. The number of rotatable bonds is 5. The van der Waals surface area contributed by atoms with Crippen molar-refractivity contribution in [2.24, 2.45) is 5.92 Å². The summed E-state index contributed by atoms with van der Waals surface area (Å²) in [6, 6.07) is 11.1. The highest BCUT2D eigenvalue weighted by Crippen LogP contribution is 2.29. The minimum atomic E-state index is -0.582. The lowest BCUT2D eigenvalue weighted by molar-refractivity contribution is 0.0942. The Morgan fingerprint density at radius 2 is 1.72 bits per heavy atom. The van der Waals surface area contributed by atoms with Crippen LogP contribution in [0.4, 0.5) is 15.8 Å². The maximum atomic E-state index is 13.9. The van der Waals surface area contributed by atoms with Crippen molar-refractivity contribution in [3.05, 3.63) is 59.4 Å². The molecule has 0 atom stereocenters. The standard InChI is InChI=1S/C23H28FN3O2/c1-15(2)25-23(29)19-14-17(26-22(28)18-6-4-5-7-20(18)24)8-9-21(19)27-12-10-16(3)11-13-27/h4-9,14-16H,10-13H2,1-3H3,(H,25,29)(H,26,28). The Morgan fingerprint density at radius 1 is 1.03 bits per heavy atom. The van der Waals surface area contributed by atoms with Crippen LogP contribution in [0.1, 0.15) is 54.3 Å². The maximum absolute atomic E-state index is 13.9. The first-order chi connectivity index (χ1) is 13.8. The molecule has 5 nitrogen and oxygen atoms in total. The van der Waals surface area contributed by atoms with Gasteiger partial charge in [0.2, 0.25) is 0 Å². The van der Waals surface area contributed by atoms with Crippen LogP contribution >= 0.6 is 0 Å². The van der Waals surface area contributed by atoms with E-state index in [4.69, 9.17) is 0 Å². The summed E-state index contributed by atoms with van der Waals surface area (Å²) < 4.78 is 13.9. The summed E-state index contributed by atoms with van der Waals surface area (Å²) in [7, 11) is 0. The van der Waals surface area contributed by atoms with Crippen LogP contribution in [0.2, 0.25) is 0 Å². The van der Waals surface area contributed by atoms with Gasteiger partial charge in [-0.05, 0) is 62.9 Å². The molecule has 1 aliphatic rings. The van der Waals surface area contributed by atoms with Gasteiger partial charge in [0, 0.05) is 30.5 Å². The number of hydrogen-bond acceptors (Lipinski definition) is 3. The quantitative estimate of drug-likeness (QED) is 0.783. The second-order valence-electron chi connectivity index (χ2n) is 7.96. The van der Waals surface area contributed by atoms with Gasteiger partial charge in [-0.2, -0.15) is 0 Å². The Balaban J connectivity index is 1.88. The summed E-state index contributed by atoms with van der Waals surface area (Å²) in [6.07, 6.45) is 2.16. The SMILES string of the molecule is CC1CCN(c2ccc(NC(=O)c3ccccc3F)cc2C(=O)NC(C)C)CC1. The predicted octanol–water partition coefficient (Wildman–Crippen LogP) is 4.45. The van der Waals surface area contributed by atoms with E-state index in [1.165, 1.54) is 18.2 Å². The first-order valence-corrected chi connectivity index (χ1v) is 10.1. The van der Waals surface area contributed by atoms with Crippen LogP contribution in [0.3, 0.4) is 0 Å². The van der Waals surface area contributed by atoms with E-state index >= 15 is 0 Å². The molecule has 1 aliphatic heterocycles. The molecule has 154 valence electrons. The van der Waals surface area contributed by atoms with E-state index in [-0.39, 0.29) is 17.5 Å². The van der Waals surface area contributed by atoms with Gasteiger partial charge in [-0.1, -0.05) is 19.1 Å². The Morgan fingerprint density at radius 3 is 2.38 bits per heavy atom. The first kappa shape index (κ1) is 20.8. The Labute approximate surface area is 171 Å². The van der Waals surface area contributed by atoms with Crippen LogP contribution in [0.5, 0.6) is 0 Å².